The van der Waals surface area contributed by atoms with Gasteiger partial charge in [-0.1, -0.05) is 25.0 Å². The van der Waals surface area contributed by atoms with Crippen LogP contribution in [0.3, 0.4) is 0 Å². The van der Waals surface area contributed by atoms with Crippen molar-refractivity contribution in [3.8, 4) is 5.75 Å². The van der Waals surface area contributed by atoms with E-state index in [0.717, 1.165) is 25.9 Å². The van der Waals surface area contributed by atoms with Crippen molar-refractivity contribution in [1.29, 1.82) is 0 Å². The molecule has 2 aliphatic rings. The molecule has 6 heteroatoms. The number of hydrogen-bond donors (Lipinski definition) is 1. The zero-order valence-corrected chi connectivity index (χ0v) is 18.2. The number of anilines is 1. The third-order valence-corrected chi connectivity index (χ3v) is 6.17. The molecule has 0 unspecified atom stereocenters. The van der Waals surface area contributed by atoms with Crippen LogP contribution in [0.4, 0.5) is 5.69 Å². The summed E-state index contributed by atoms with van der Waals surface area (Å²) in [5.41, 5.74) is 3.07. The fourth-order valence-corrected chi connectivity index (χ4v) is 4.32. The summed E-state index contributed by atoms with van der Waals surface area (Å²) in [6, 6.07) is 15.8. The second-order valence-corrected chi connectivity index (χ2v) is 8.47. The Kier molecular flexibility index (Phi) is 6.75. The van der Waals surface area contributed by atoms with E-state index in [1.807, 2.05) is 4.90 Å². The number of carbonyl (C=O) groups excluding carboxylic acids is 2. The first kappa shape index (κ1) is 21.2. The standard InChI is InChI=1S/C25H31N3O3/c1-19-5-4-8-22(17-19)27-13-15-28(16-14-27)24(29)18-31-23-11-9-20(10-12-23)25(30)26-21-6-2-3-7-21/h4-5,8-12,17,21H,2-3,6-7,13-16,18H2,1H3,(H,26,30). The van der Waals surface area contributed by atoms with Gasteiger partial charge in [0.1, 0.15) is 5.75 Å². The smallest absolute Gasteiger partial charge is 0.260 e. The van der Waals surface area contributed by atoms with E-state index in [1.165, 1.54) is 24.1 Å². The minimum Gasteiger partial charge on any atom is -0.484 e. The van der Waals surface area contributed by atoms with Crippen molar-refractivity contribution in [3.05, 3.63) is 59.7 Å². The number of piperazine rings is 1. The number of amides is 2. The Morgan fingerprint density at radius 2 is 1.71 bits per heavy atom. The molecule has 0 spiro atoms. The monoisotopic (exact) mass is 421 g/mol. The maximum Gasteiger partial charge on any atom is 0.260 e. The summed E-state index contributed by atoms with van der Waals surface area (Å²) in [5.74, 6) is 0.553. The summed E-state index contributed by atoms with van der Waals surface area (Å²) in [4.78, 5) is 29.0. The van der Waals surface area contributed by atoms with Crippen molar-refractivity contribution in [2.45, 2.75) is 38.6 Å². The van der Waals surface area contributed by atoms with E-state index in [0.29, 0.717) is 30.4 Å². The van der Waals surface area contributed by atoms with Gasteiger partial charge in [0.05, 0.1) is 0 Å². The normalized spacial score (nSPS) is 16.9. The molecule has 2 aromatic carbocycles. The Morgan fingerprint density at radius 3 is 2.39 bits per heavy atom. The number of nitrogens with one attached hydrogen (secondary N) is 1. The molecule has 1 aliphatic heterocycles. The van der Waals surface area contributed by atoms with Crippen LogP contribution < -0.4 is 15.0 Å². The van der Waals surface area contributed by atoms with Gasteiger partial charge >= 0.3 is 0 Å². The predicted octanol–water partition coefficient (Wildman–Crippen LogP) is 3.40. The fraction of sp³-hybridized carbons (Fsp3) is 0.440. The van der Waals surface area contributed by atoms with Crippen LogP contribution in [0.5, 0.6) is 5.75 Å². The van der Waals surface area contributed by atoms with Gasteiger partial charge in [-0.3, -0.25) is 9.59 Å². The number of ether oxygens (including phenoxy) is 1. The molecule has 2 aromatic rings. The van der Waals surface area contributed by atoms with Crippen molar-refractivity contribution in [2.24, 2.45) is 0 Å². The summed E-state index contributed by atoms with van der Waals surface area (Å²) >= 11 is 0. The second-order valence-electron chi connectivity index (χ2n) is 8.47. The molecule has 1 N–H and O–H groups in total. The van der Waals surface area contributed by atoms with Gasteiger partial charge in [0.25, 0.3) is 11.8 Å². The largest absolute Gasteiger partial charge is 0.484 e. The van der Waals surface area contributed by atoms with E-state index < -0.39 is 0 Å². The van der Waals surface area contributed by atoms with E-state index in [9.17, 15) is 9.59 Å². The molecule has 1 aliphatic carbocycles. The molecule has 2 amide bonds. The highest BCUT2D eigenvalue weighted by Crippen LogP contribution is 2.20. The van der Waals surface area contributed by atoms with E-state index >= 15 is 0 Å². The van der Waals surface area contributed by atoms with E-state index in [-0.39, 0.29) is 18.4 Å². The number of hydrogen-bond acceptors (Lipinski definition) is 4. The van der Waals surface area contributed by atoms with Gasteiger partial charge in [0, 0.05) is 43.5 Å². The molecule has 31 heavy (non-hydrogen) atoms. The van der Waals surface area contributed by atoms with Gasteiger partial charge in [0.15, 0.2) is 6.61 Å². The van der Waals surface area contributed by atoms with Crippen LogP contribution in [-0.4, -0.2) is 55.5 Å². The number of benzene rings is 2. The van der Waals surface area contributed by atoms with Gasteiger partial charge in [-0.2, -0.15) is 0 Å². The molecule has 1 saturated carbocycles. The lowest BCUT2D eigenvalue weighted by atomic mass is 10.1. The summed E-state index contributed by atoms with van der Waals surface area (Å²) < 4.78 is 5.68. The Bertz CT molecular complexity index is 898. The second kappa shape index (κ2) is 9.86. The van der Waals surface area contributed by atoms with Gasteiger partial charge in [-0.15, -0.1) is 0 Å². The molecular formula is C25H31N3O3. The van der Waals surface area contributed by atoms with Crippen LogP contribution in [0.25, 0.3) is 0 Å². The average Bonchev–Trinajstić information content (AvgIpc) is 3.31. The van der Waals surface area contributed by atoms with Crippen LogP contribution in [0, 0.1) is 6.92 Å². The van der Waals surface area contributed by atoms with E-state index in [1.54, 1.807) is 24.3 Å². The van der Waals surface area contributed by atoms with Crippen LogP contribution in [0.15, 0.2) is 48.5 Å². The molecule has 164 valence electrons. The summed E-state index contributed by atoms with van der Waals surface area (Å²) in [5, 5.41) is 3.08. The summed E-state index contributed by atoms with van der Waals surface area (Å²) in [6.45, 7) is 5.13. The lowest BCUT2D eigenvalue weighted by molar-refractivity contribution is -0.133. The first-order chi connectivity index (χ1) is 15.1. The molecule has 1 saturated heterocycles. The van der Waals surface area contributed by atoms with Gasteiger partial charge < -0.3 is 19.9 Å². The lowest BCUT2D eigenvalue weighted by Crippen LogP contribution is -2.50. The Balaban J connectivity index is 1.22. The Labute approximate surface area is 184 Å². The Hall–Kier alpha value is -3.02. The molecule has 2 fully saturated rings. The van der Waals surface area contributed by atoms with Crippen LogP contribution in [0.2, 0.25) is 0 Å². The topological polar surface area (TPSA) is 61.9 Å². The third-order valence-electron chi connectivity index (χ3n) is 6.17. The van der Waals surface area contributed by atoms with Crippen molar-refractivity contribution < 1.29 is 14.3 Å². The first-order valence-corrected chi connectivity index (χ1v) is 11.2. The minimum absolute atomic E-state index is 0.00746. The third kappa shape index (κ3) is 5.57. The van der Waals surface area contributed by atoms with Gasteiger partial charge in [-0.05, 0) is 61.7 Å². The summed E-state index contributed by atoms with van der Waals surface area (Å²) in [7, 11) is 0. The highest BCUT2D eigenvalue weighted by Gasteiger charge is 2.22. The van der Waals surface area contributed by atoms with E-state index in [4.69, 9.17) is 4.74 Å². The zero-order valence-electron chi connectivity index (χ0n) is 18.2. The maximum absolute atomic E-state index is 12.6. The summed E-state index contributed by atoms with van der Waals surface area (Å²) in [6.07, 6.45) is 4.50. The molecular weight excluding hydrogens is 390 g/mol. The van der Waals surface area contributed by atoms with Crippen LogP contribution >= 0.6 is 0 Å². The lowest BCUT2D eigenvalue weighted by Gasteiger charge is -2.36. The molecule has 6 nitrogen and oxygen atoms in total. The number of rotatable bonds is 6. The first-order valence-electron chi connectivity index (χ1n) is 11.2. The van der Waals surface area contributed by atoms with Crippen molar-refractivity contribution in [3.63, 3.8) is 0 Å². The highest BCUT2D eigenvalue weighted by molar-refractivity contribution is 5.94. The van der Waals surface area contributed by atoms with Crippen LogP contribution in [0.1, 0.15) is 41.6 Å². The zero-order chi connectivity index (χ0) is 21.6. The number of aryl methyl sites for hydroxylation is 1. The molecule has 1 heterocycles. The Morgan fingerprint density at radius 1 is 1.00 bits per heavy atom. The molecule has 4 rings (SSSR count). The maximum atomic E-state index is 12.6. The molecule has 0 bridgehead atoms. The van der Waals surface area contributed by atoms with Crippen LogP contribution in [-0.2, 0) is 4.79 Å². The van der Waals surface area contributed by atoms with Crippen molar-refractivity contribution >= 4 is 17.5 Å². The van der Waals surface area contributed by atoms with Crippen molar-refractivity contribution in [2.75, 3.05) is 37.7 Å². The quantitative estimate of drug-likeness (QED) is 0.777. The van der Waals surface area contributed by atoms with Crippen molar-refractivity contribution in [1.82, 2.24) is 10.2 Å². The predicted molar refractivity (Wildman–Crippen MR) is 122 cm³/mol. The number of carbonyl (C=O) groups is 2. The van der Waals surface area contributed by atoms with Gasteiger partial charge in [-0.25, -0.2) is 0 Å². The molecule has 0 radical (unpaired) electrons. The van der Waals surface area contributed by atoms with Gasteiger partial charge in [0.2, 0.25) is 0 Å². The molecule has 0 atom stereocenters. The van der Waals surface area contributed by atoms with E-state index in [2.05, 4.69) is 41.4 Å². The average molecular weight is 422 g/mol. The minimum atomic E-state index is -0.0407. The highest BCUT2D eigenvalue weighted by atomic mass is 16.5. The SMILES string of the molecule is Cc1cccc(N2CCN(C(=O)COc3ccc(C(=O)NC4CCCC4)cc3)CC2)c1. The molecule has 0 aromatic heterocycles. The fourth-order valence-electron chi connectivity index (χ4n) is 4.32. The number of nitrogens with zero attached hydrogens (tertiary/aromatic N) is 2.